The van der Waals surface area contributed by atoms with E-state index >= 15 is 0 Å². The monoisotopic (exact) mass is 380 g/mol. The summed E-state index contributed by atoms with van der Waals surface area (Å²) in [6.07, 6.45) is 0.107. The first-order chi connectivity index (χ1) is 11.5. The van der Waals surface area contributed by atoms with Crippen LogP contribution in [0.2, 0.25) is 10.0 Å². The summed E-state index contributed by atoms with van der Waals surface area (Å²) in [5, 5.41) is 5.82. The first-order valence-electron chi connectivity index (χ1n) is 6.97. The summed E-state index contributed by atoms with van der Waals surface area (Å²) in [7, 11) is 0. The van der Waals surface area contributed by atoms with Crippen LogP contribution in [0.25, 0.3) is 10.6 Å². The van der Waals surface area contributed by atoms with E-state index in [1.54, 1.807) is 6.07 Å². The number of aromatic nitrogens is 1. The van der Waals surface area contributed by atoms with Gasteiger partial charge < -0.3 is 5.32 Å². The van der Waals surface area contributed by atoms with Crippen LogP contribution in [0.1, 0.15) is 5.69 Å². The molecule has 1 N–H and O–H groups in total. The van der Waals surface area contributed by atoms with Gasteiger partial charge in [0.1, 0.15) is 10.8 Å². The Labute approximate surface area is 152 Å². The van der Waals surface area contributed by atoms with E-state index in [0.29, 0.717) is 16.4 Å². The lowest BCUT2D eigenvalue weighted by molar-refractivity contribution is -0.115. The molecule has 0 bridgehead atoms. The van der Waals surface area contributed by atoms with E-state index in [-0.39, 0.29) is 17.4 Å². The summed E-state index contributed by atoms with van der Waals surface area (Å²) < 4.78 is 13.1. The topological polar surface area (TPSA) is 42.0 Å². The van der Waals surface area contributed by atoms with Crippen LogP contribution in [0.4, 0.5) is 10.1 Å². The summed E-state index contributed by atoms with van der Waals surface area (Å²) in [6, 6.07) is 11.4. The molecule has 1 amide bonds. The Morgan fingerprint density at radius 3 is 2.71 bits per heavy atom. The van der Waals surface area contributed by atoms with Crippen LogP contribution < -0.4 is 5.32 Å². The molecule has 7 heteroatoms. The molecular weight excluding hydrogens is 370 g/mol. The van der Waals surface area contributed by atoms with Gasteiger partial charge in [-0.3, -0.25) is 4.79 Å². The number of carbonyl (C=O) groups is 1. The minimum Gasteiger partial charge on any atom is -0.326 e. The van der Waals surface area contributed by atoms with Crippen molar-refractivity contribution in [3.63, 3.8) is 0 Å². The van der Waals surface area contributed by atoms with E-state index in [4.69, 9.17) is 23.2 Å². The number of rotatable bonds is 4. The number of halogens is 3. The molecule has 1 heterocycles. The Hall–Kier alpha value is -1.95. The van der Waals surface area contributed by atoms with Gasteiger partial charge in [-0.1, -0.05) is 41.4 Å². The fourth-order valence-corrected chi connectivity index (χ4v) is 3.41. The number of anilines is 1. The lowest BCUT2D eigenvalue weighted by Crippen LogP contribution is -2.14. The normalized spacial score (nSPS) is 10.6. The van der Waals surface area contributed by atoms with E-state index < -0.39 is 5.82 Å². The molecule has 0 atom stereocenters. The predicted molar refractivity (Wildman–Crippen MR) is 96.3 cm³/mol. The summed E-state index contributed by atoms with van der Waals surface area (Å²) in [4.78, 5) is 16.5. The quantitative estimate of drug-likeness (QED) is 0.654. The number of amides is 1. The average molecular weight is 381 g/mol. The fraction of sp³-hybridized carbons (Fsp3) is 0.0588. The van der Waals surface area contributed by atoms with Crippen molar-refractivity contribution in [3.05, 3.63) is 69.4 Å². The van der Waals surface area contributed by atoms with Gasteiger partial charge in [-0.05, 0) is 24.3 Å². The highest BCUT2D eigenvalue weighted by atomic mass is 35.5. The molecule has 2 aromatic carbocycles. The van der Waals surface area contributed by atoms with Crippen molar-refractivity contribution >= 4 is 46.1 Å². The van der Waals surface area contributed by atoms with Crippen LogP contribution in [0, 0.1) is 5.82 Å². The molecule has 0 unspecified atom stereocenters. The van der Waals surface area contributed by atoms with E-state index in [1.807, 2.05) is 23.6 Å². The minimum atomic E-state index is -0.529. The third kappa shape index (κ3) is 3.93. The third-order valence-electron chi connectivity index (χ3n) is 3.20. The molecule has 0 fully saturated rings. The number of thiazole rings is 1. The molecule has 3 nitrogen and oxygen atoms in total. The Bertz CT molecular complexity index is 898. The molecule has 0 aliphatic carbocycles. The molecule has 0 saturated heterocycles. The molecular formula is C17H11Cl2FN2OS. The highest BCUT2D eigenvalue weighted by Crippen LogP contribution is 2.30. The molecule has 24 heavy (non-hydrogen) atoms. The number of nitrogens with one attached hydrogen (secondary N) is 1. The molecule has 122 valence electrons. The third-order valence-corrected chi connectivity index (χ3v) is 4.74. The maximum absolute atomic E-state index is 13.1. The lowest BCUT2D eigenvalue weighted by Gasteiger charge is -2.05. The highest BCUT2D eigenvalue weighted by Gasteiger charge is 2.11. The zero-order chi connectivity index (χ0) is 17.1. The van der Waals surface area contributed by atoms with Crippen molar-refractivity contribution < 1.29 is 9.18 Å². The van der Waals surface area contributed by atoms with Crippen molar-refractivity contribution in [2.24, 2.45) is 0 Å². The highest BCUT2D eigenvalue weighted by molar-refractivity contribution is 7.13. The van der Waals surface area contributed by atoms with Crippen LogP contribution >= 0.6 is 34.5 Å². The molecule has 0 saturated carbocycles. The number of nitrogens with zero attached hydrogens (tertiary/aromatic N) is 1. The Kier molecular flexibility index (Phi) is 5.14. The maximum atomic E-state index is 13.1. The van der Waals surface area contributed by atoms with Gasteiger partial charge in [-0.25, -0.2) is 9.37 Å². The van der Waals surface area contributed by atoms with Gasteiger partial charge in [0, 0.05) is 16.6 Å². The van der Waals surface area contributed by atoms with E-state index in [1.165, 1.54) is 29.5 Å². The Balaban J connectivity index is 1.69. The Morgan fingerprint density at radius 1 is 1.17 bits per heavy atom. The van der Waals surface area contributed by atoms with Gasteiger partial charge in [0.05, 0.1) is 22.2 Å². The van der Waals surface area contributed by atoms with Crippen LogP contribution in [0.15, 0.2) is 47.8 Å². The summed E-state index contributed by atoms with van der Waals surface area (Å²) in [5.41, 5.74) is 1.91. The van der Waals surface area contributed by atoms with E-state index in [2.05, 4.69) is 10.3 Å². The predicted octanol–water partition coefficient (Wildman–Crippen LogP) is 5.44. The first-order valence-corrected chi connectivity index (χ1v) is 8.60. The number of carbonyl (C=O) groups excluding carboxylic acids is 1. The molecule has 0 aliphatic heterocycles. The van der Waals surface area contributed by atoms with E-state index in [9.17, 15) is 9.18 Å². The van der Waals surface area contributed by atoms with Crippen molar-refractivity contribution in [1.29, 1.82) is 0 Å². The fourth-order valence-electron chi connectivity index (χ4n) is 2.09. The van der Waals surface area contributed by atoms with Crippen LogP contribution in [-0.4, -0.2) is 10.9 Å². The van der Waals surface area contributed by atoms with Crippen molar-refractivity contribution in [3.8, 4) is 10.6 Å². The van der Waals surface area contributed by atoms with Gasteiger partial charge >= 0.3 is 0 Å². The van der Waals surface area contributed by atoms with Crippen molar-refractivity contribution in [2.45, 2.75) is 6.42 Å². The molecule has 0 spiro atoms. The number of hydrogen-bond donors (Lipinski definition) is 1. The Morgan fingerprint density at radius 2 is 1.96 bits per heavy atom. The minimum absolute atomic E-state index is 0.0394. The SMILES string of the molecule is O=C(Cc1csc(-c2ccccc2Cl)n1)Nc1ccc(F)c(Cl)c1. The number of hydrogen-bond acceptors (Lipinski definition) is 3. The van der Waals surface area contributed by atoms with Crippen molar-refractivity contribution in [2.75, 3.05) is 5.32 Å². The maximum Gasteiger partial charge on any atom is 0.230 e. The summed E-state index contributed by atoms with van der Waals surface area (Å²) in [5.74, 6) is -0.785. The largest absolute Gasteiger partial charge is 0.326 e. The standard InChI is InChI=1S/C17H11Cl2FN2OS/c18-13-4-2-1-3-12(13)17-22-11(9-24-17)8-16(23)21-10-5-6-15(20)14(19)7-10/h1-7,9H,8H2,(H,21,23). The zero-order valence-electron chi connectivity index (χ0n) is 12.2. The smallest absolute Gasteiger partial charge is 0.230 e. The zero-order valence-corrected chi connectivity index (χ0v) is 14.6. The second-order valence-corrected chi connectivity index (χ2v) is 6.65. The summed E-state index contributed by atoms with van der Waals surface area (Å²) in [6.45, 7) is 0. The first kappa shape index (κ1) is 16.9. The molecule has 0 radical (unpaired) electrons. The van der Waals surface area contributed by atoms with Gasteiger partial charge in [0.2, 0.25) is 5.91 Å². The molecule has 3 rings (SSSR count). The second kappa shape index (κ2) is 7.30. The lowest BCUT2D eigenvalue weighted by atomic mass is 10.2. The van der Waals surface area contributed by atoms with Gasteiger partial charge in [-0.2, -0.15) is 0 Å². The molecule has 3 aromatic rings. The van der Waals surface area contributed by atoms with Gasteiger partial charge in [0.25, 0.3) is 0 Å². The average Bonchev–Trinajstić information content (AvgIpc) is 2.99. The van der Waals surface area contributed by atoms with Crippen LogP contribution in [0.3, 0.4) is 0 Å². The molecule has 0 aliphatic rings. The van der Waals surface area contributed by atoms with Crippen LogP contribution in [0.5, 0.6) is 0 Å². The van der Waals surface area contributed by atoms with Gasteiger partial charge in [0.15, 0.2) is 0 Å². The van der Waals surface area contributed by atoms with Crippen molar-refractivity contribution in [1.82, 2.24) is 4.98 Å². The molecule has 1 aromatic heterocycles. The number of benzene rings is 2. The summed E-state index contributed by atoms with van der Waals surface area (Å²) >= 11 is 13.3. The second-order valence-electron chi connectivity index (χ2n) is 4.98. The van der Waals surface area contributed by atoms with Gasteiger partial charge in [-0.15, -0.1) is 11.3 Å². The van der Waals surface area contributed by atoms with E-state index in [0.717, 1.165) is 10.6 Å². The van der Waals surface area contributed by atoms with Crippen LogP contribution in [-0.2, 0) is 11.2 Å².